The average Bonchev–Trinajstić information content (AvgIpc) is 2.82. The van der Waals surface area contributed by atoms with Gasteiger partial charge in [-0.1, -0.05) is 18.9 Å². The van der Waals surface area contributed by atoms with E-state index in [9.17, 15) is 23.5 Å². The molecule has 1 amide bonds. The third-order valence-corrected chi connectivity index (χ3v) is 3.61. The van der Waals surface area contributed by atoms with E-state index >= 15 is 0 Å². The zero-order valence-corrected chi connectivity index (χ0v) is 10.8. The number of carbonyl (C=O) groups is 2. The maximum absolute atomic E-state index is 13.4. The molecule has 0 aromatic heterocycles. The fourth-order valence-corrected chi connectivity index (χ4v) is 2.52. The second-order valence-electron chi connectivity index (χ2n) is 5.06. The summed E-state index contributed by atoms with van der Waals surface area (Å²) in [4.78, 5) is 23.2. The van der Waals surface area contributed by atoms with Crippen LogP contribution in [0.4, 0.5) is 8.78 Å². The molecule has 0 spiro atoms. The molecule has 0 atom stereocenters. The lowest BCUT2D eigenvalue weighted by atomic mass is 9.97. The number of halogens is 2. The first-order valence-corrected chi connectivity index (χ1v) is 6.41. The second kappa shape index (κ2) is 5.56. The van der Waals surface area contributed by atoms with Gasteiger partial charge in [-0.25, -0.2) is 13.6 Å². The molecule has 2 rings (SSSR count). The summed E-state index contributed by atoms with van der Waals surface area (Å²) < 4.78 is 26.2. The normalized spacial score (nSPS) is 16.9. The maximum atomic E-state index is 13.4. The van der Waals surface area contributed by atoms with Crippen molar-refractivity contribution in [3.05, 3.63) is 35.4 Å². The molecular weight excluding hydrogens is 268 g/mol. The van der Waals surface area contributed by atoms with Crippen LogP contribution in [-0.2, 0) is 16.0 Å². The van der Waals surface area contributed by atoms with Crippen LogP contribution >= 0.6 is 0 Å². The number of carboxylic acids is 1. The Balaban J connectivity index is 2.07. The fraction of sp³-hybridized carbons (Fsp3) is 0.429. The van der Waals surface area contributed by atoms with Crippen molar-refractivity contribution >= 4 is 11.9 Å². The Kier molecular flexibility index (Phi) is 4.01. The molecule has 0 saturated heterocycles. The van der Waals surface area contributed by atoms with Crippen LogP contribution in [0.15, 0.2) is 18.2 Å². The van der Waals surface area contributed by atoms with Gasteiger partial charge >= 0.3 is 5.97 Å². The summed E-state index contributed by atoms with van der Waals surface area (Å²) >= 11 is 0. The number of nitrogens with one attached hydrogen (secondary N) is 1. The number of rotatable bonds is 4. The van der Waals surface area contributed by atoms with Crippen LogP contribution in [0.25, 0.3) is 0 Å². The van der Waals surface area contributed by atoms with Crippen molar-refractivity contribution in [1.29, 1.82) is 0 Å². The Morgan fingerprint density at radius 1 is 1.25 bits per heavy atom. The van der Waals surface area contributed by atoms with E-state index < -0.39 is 29.0 Å². The van der Waals surface area contributed by atoms with Crippen LogP contribution in [0.1, 0.15) is 31.2 Å². The highest BCUT2D eigenvalue weighted by atomic mass is 19.1. The number of hydrogen-bond donors (Lipinski definition) is 2. The standard InChI is InChI=1S/C14H15F2NO3/c15-10-4-3-9(11(16)8-10)7-12(18)17-14(13(19)20)5-1-2-6-14/h3-4,8H,1-2,5-7H2,(H,17,18)(H,19,20). The van der Waals surface area contributed by atoms with E-state index in [0.717, 1.165) is 18.9 Å². The van der Waals surface area contributed by atoms with Crippen LogP contribution < -0.4 is 5.32 Å². The molecule has 6 heteroatoms. The Hall–Kier alpha value is -1.98. The molecule has 0 aliphatic heterocycles. The minimum atomic E-state index is -1.24. The quantitative estimate of drug-likeness (QED) is 0.888. The van der Waals surface area contributed by atoms with E-state index in [-0.39, 0.29) is 12.0 Å². The van der Waals surface area contributed by atoms with Crippen LogP contribution in [0.3, 0.4) is 0 Å². The lowest BCUT2D eigenvalue weighted by molar-refractivity contribution is -0.147. The highest BCUT2D eigenvalue weighted by molar-refractivity contribution is 5.88. The molecule has 1 aromatic carbocycles. The van der Waals surface area contributed by atoms with E-state index in [1.54, 1.807) is 0 Å². The minimum absolute atomic E-state index is 0.0439. The SMILES string of the molecule is O=C(Cc1ccc(F)cc1F)NC1(C(=O)O)CCCC1. The van der Waals surface area contributed by atoms with Crippen LogP contribution in [0.2, 0.25) is 0 Å². The second-order valence-corrected chi connectivity index (χ2v) is 5.06. The Labute approximate surface area is 114 Å². The zero-order chi connectivity index (χ0) is 14.8. The summed E-state index contributed by atoms with van der Waals surface area (Å²) in [7, 11) is 0. The van der Waals surface area contributed by atoms with Crippen molar-refractivity contribution in [3.8, 4) is 0 Å². The van der Waals surface area contributed by atoms with Crippen molar-refractivity contribution in [2.75, 3.05) is 0 Å². The van der Waals surface area contributed by atoms with E-state index in [1.165, 1.54) is 6.07 Å². The summed E-state index contributed by atoms with van der Waals surface area (Å²) in [5.74, 6) is -3.16. The molecule has 1 fully saturated rings. The Bertz CT molecular complexity index is 539. The third kappa shape index (κ3) is 2.95. The van der Waals surface area contributed by atoms with Gasteiger partial charge in [0, 0.05) is 6.07 Å². The van der Waals surface area contributed by atoms with Crippen LogP contribution in [-0.4, -0.2) is 22.5 Å². The predicted molar refractivity (Wildman–Crippen MR) is 67.0 cm³/mol. The molecule has 0 heterocycles. The third-order valence-electron chi connectivity index (χ3n) is 3.61. The molecular formula is C14H15F2NO3. The lowest BCUT2D eigenvalue weighted by Crippen LogP contribution is -2.53. The highest BCUT2D eigenvalue weighted by Crippen LogP contribution is 2.30. The first-order chi connectivity index (χ1) is 9.43. The van der Waals surface area contributed by atoms with Gasteiger partial charge < -0.3 is 10.4 Å². The van der Waals surface area contributed by atoms with E-state index in [0.29, 0.717) is 18.9 Å². The molecule has 4 nitrogen and oxygen atoms in total. The van der Waals surface area contributed by atoms with Gasteiger partial charge in [0.1, 0.15) is 17.2 Å². The summed E-state index contributed by atoms with van der Waals surface area (Å²) in [5.41, 5.74) is -1.20. The van der Waals surface area contributed by atoms with Crippen molar-refractivity contribution in [3.63, 3.8) is 0 Å². The number of amides is 1. The van der Waals surface area contributed by atoms with Gasteiger partial charge in [-0.05, 0) is 24.5 Å². The Morgan fingerprint density at radius 2 is 1.90 bits per heavy atom. The predicted octanol–water partition coefficient (Wildman–Crippen LogP) is 2.02. The van der Waals surface area contributed by atoms with Crippen molar-refractivity contribution in [2.45, 2.75) is 37.6 Å². The first kappa shape index (κ1) is 14.4. The molecule has 1 saturated carbocycles. The monoisotopic (exact) mass is 283 g/mol. The van der Waals surface area contributed by atoms with Gasteiger partial charge in [-0.3, -0.25) is 4.79 Å². The maximum Gasteiger partial charge on any atom is 0.329 e. The molecule has 20 heavy (non-hydrogen) atoms. The molecule has 0 bridgehead atoms. The zero-order valence-electron chi connectivity index (χ0n) is 10.8. The summed E-state index contributed by atoms with van der Waals surface area (Å²) in [5, 5.41) is 11.7. The van der Waals surface area contributed by atoms with Gasteiger partial charge in [0.15, 0.2) is 0 Å². The number of aliphatic carboxylic acids is 1. The lowest BCUT2D eigenvalue weighted by Gasteiger charge is -2.25. The molecule has 1 aromatic rings. The van der Waals surface area contributed by atoms with Gasteiger partial charge in [0.05, 0.1) is 6.42 Å². The smallest absolute Gasteiger partial charge is 0.329 e. The van der Waals surface area contributed by atoms with Gasteiger partial charge in [-0.2, -0.15) is 0 Å². The average molecular weight is 283 g/mol. The molecule has 1 aliphatic rings. The molecule has 108 valence electrons. The molecule has 0 unspecified atom stereocenters. The highest BCUT2D eigenvalue weighted by Gasteiger charge is 2.42. The number of benzene rings is 1. The number of carbonyl (C=O) groups excluding carboxylic acids is 1. The van der Waals surface area contributed by atoms with E-state index in [2.05, 4.69) is 5.32 Å². The molecule has 2 N–H and O–H groups in total. The summed E-state index contributed by atoms with van der Waals surface area (Å²) in [6.45, 7) is 0. The topological polar surface area (TPSA) is 66.4 Å². The number of hydrogen-bond acceptors (Lipinski definition) is 2. The van der Waals surface area contributed by atoms with Crippen LogP contribution in [0, 0.1) is 11.6 Å². The van der Waals surface area contributed by atoms with Gasteiger partial charge in [0.25, 0.3) is 0 Å². The first-order valence-electron chi connectivity index (χ1n) is 6.41. The fourth-order valence-electron chi connectivity index (χ4n) is 2.52. The van der Waals surface area contributed by atoms with Gasteiger partial charge in [-0.15, -0.1) is 0 Å². The molecule has 0 radical (unpaired) electrons. The summed E-state index contributed by atoms with van der Waals surface area (Å²) in [6.07, 6.45) is 1.91. The molecule has 1 aliphatic carbocycles. The van der Waals surface area contributed by atoms with E-state index in [4.69, 9.17) is 0 Å². The number of carboxylic acid groups (broad SMARTS) is 1. The van der Waals surface area contributed by atoms with E-state index in [1.807, 2.05) is 0 Å². The van der Waals surface area contributed by atoms with Crippen molar-refractivity contribution in [2.24, 2.45) is 0 Å². The van der Waals surface area contributed by atoms with Crippen molar-refractivity contribution < 1.29 is 23.5 Å². The van der Waals surface area contributed by atoms with Crippen LogP contribution in [0.5, 0.6) is 0 Å². The van der Waals surface area contributed by atoms with Gasteiger partial charge in [0.2, 0.25) is 5.91 Å². The largest absolute Gasteiger partial charge is 0.480 e. The summed E-state index contributed by atoms with van der Waals surface area (Å²) in [6, 6.07) is 2.95. The Morgan fingerprint density at radius 3 is 2.45 bits per heavy atom. The minimum Gasteiger partial charge on any atom is -0.480 e. The van der Waals surface area contributed by atoms with Crippen molar-refractivity contribution in [1.82, 2.24) is 5.32 Å².